The van der Waals surface area contributed by atoms with Gasteiger partial charge in [0.1, 0.15) is 11.1 Å². The van der Waals surface area contributed by atoms with Crippen LogP contribution < -0.4 is 0 Å². The van der Waals surface area contributed by atoms with E-state index in [4.69, 9.17) is 5.11 Å². The third-order valence-electron chi connectivity index (χ3n) is 2.12. The van der Waals surface area contributed by atoms with Gasteiger partial charge in [0, 0.05) is 16.9 Å². The van der Waals surface area contributed by atoms with Crippen molar-refractivity contribution < 1.29 is 9.90 Å². The molecular weight excluding hydrogens is 248 g/mol. The molecule has 2 aromatic rings. The van der Waals surface area contributed by atoms with Crippen LogP contribution in [0.5, 0.6) is 0 Å². The highest BCUT2D eigenvalue weighted by Crippen LogP contribution is 2.24. The van der Waals surface area contributed by atoms with Gasteiger partial charge in [-0.3, -0.25) is 4.98 Å². The number of hydrogen-bond acceptors (Lipinski definition) is 2. The first kappa shape index (κ1) is 9.21. The third-order valence-corrected chi connectivity index (χ3v) is 2.92. The lowest BCUT2D eigenvalue weighted by molar-refractivity contribution is 0.0699. The second-order valence-electron chi connectivity index (χ2n) is 2.96. The van der Waals surface area contributed by atoms with Crippen molar-refractivity contribution in [2.75, 3.05) is 0 Å². The van der Waals surface area contributed by atoms with Gasteiger partial charge in [-0.2, -0.15) is 0 Å². The molecule has 0 spiro atoms. The summed E-state index contributed by atoms with van der Waals surface area (Å²) in [5.74, 6) is -0.967. The lowest BCUT2D eigenvalue weighted by atomic mass is 10.2. The second kappa shape index (κ2) is 3.09. The number of aryl methyl sites for hydroxylation is 1. The van der Waals surface area contributed by atoms with Crippen molar-refractivity contribution in [1.29, 1.82) is 0 Å². The summed E-state index contributed by atoms with van der Waals surface area (Å²) in [5, 5.41) is 8.86. The second-order valence-corrected chi connectivity index (χ2v) is 3.82. The van der Waals surface area contributed by atoms with Crippen LogP contribution >= 0.6 is 15.9 Å². The average Bonchev–Trinajstić information content (AvgIpc) is 2.55. The van der Waals surface area contributed by atoms with E-state index in [2.05, 4.69) is 25.9 Å². The van der Waals surface area contributed by atoms with E-state index in [1.54, 1.807) is 6.20 Å². The maximum absolute atomic E-state index is 10.8. The largest absolute Gasteiger partial charge is 0.478 e. The summed E-state index contributed by atoms with van der Waals surface area (Å²) >= 11 is 3.33. The molecule has 72 valence electrons. The number of aromatic nitrogens is 2. The van der Waals surface area contributed by atoms with Crippen molar-refractivity contribution in [3.05, 3.63) is 28.0 Å². The fourth-order valence-electron chi connectivity index (χ4n) is 1.34. The number of aromatic carboxylic acids is 1. The minimum atomic E-state index is -0.967. The molecule has 4 nitrogen and oxygen atoms in total. The van der Waals surface area contributed by atoms with Crippen molar-refractivity contribution in [2.45, 2.75) is 6.92 Å². The number of carboxylic acid groups (broad SMARTS) is 1. The highest BCUT2D eigenvalue weighted by atomic mass is 79.9. The van der Waals surface area contributed by atoms with Crippen molar-refractivity contribution in [3.8, 4) is 0 Å². The Kier molecular flexibility index (Phi) is 2.03. The van der Waals surface area contributed by atoms with Gasteiger partial charge >= 0.3 is 5.97 Å². The summed E-state index contributed by atoms with van der Waals surface area (Å²) in [5.41, 5.74) is 2.42. The molecule has 0 saturated carbocycles. The predicted octanol–water partition coefficient (Wildman–Crippen LogP) is 2.33. The molecule has 2 heterocycles. The molecule has 0 unspecified atom stereocenters. The van der Waals surface area contributed by atoms with Crippen molar-refractivity contribution in [3.63, 3.8) is 0 Å². The van der Waals surface area contributed by atoms with Gasteiger partial charge in [-0.05, 0) is 28.4 Å². The first-order chi connectivity index (χ1) is 6.61. The van der Waals surface area contributed by atoms with Crippen molar-refractivity contribution >= 4 is 32.9 Å². The van der Waals surface area contributed by atoms with Gasteiger partial charge < -0.3 is 10.1 Å². The number of fused-ring (bicyclic) bond motifs is 1. The molecule has 0 radical (unpaired) electrons. The number of nitrogens with zero attached hydrogens (tertiary/aromatic N) is 1. The molecule has 0 aliphatic heterocycles. The van der Waals surface area contributed by atoms with E-state index in [0.717, 1.165) is 15.6 Å². The van der Waals surface area contributed by atoms with Gasteiger partial charge in [-0.25, -0.2) is 4.79 Å². The molecule has 0 bridgehead atoms. The standard InChI is InChI=1S/C9H7BrN2O2/c1-4-6(10)3-12-8-5(9(13)14)2-11-7(4)8/h2-3,11H,1H3,(H,13,14). The fourth-order valence-corrected chi connectivity index (χ4v) is 1.64. The number of nitrogens with one attached hydrogen (secondary N) is 1. The third kappa shape index (κ3) is 1.21. The molecule has 2 aromatic heterocycles. The van der Waals surface area contributed by atoms with Crippen molar-refractivity contribution in [2.24, 2.45) is 0 Å². The molecule has 0 fully saturated rings. The molecule has 14 heavy (non-hydrogen) atoms. The highest BCUT2D eigenvalue weighted by Gasteiger charge is 2.13. The number of halogens is 1. The predicted molar refractivity (Wildman–Crippen MR) is 55.5 cm³/mol. The lowest BCUT2D eigenvalue weighted by Gasteiger charge is -1.98. The van der Waals surface area contributed by atoms with Crippen LogP contribution in [-0.4, -0.2) is 21.0 Å². The Balaban J connectivity index is 2.83. The maximum atomic E-state index is 10.8. The van der Waals surface area contributed by atoms with E-state index in [0.29, 0.717) is 5.52 Å². The summed E-state index contributed by atoms with van der Waals surface area (Å²) in [6, 6.07) is 0. The van der Waals surface area contributed by atoms with E-state index in [-0.39, 0.29) is 5.56 Å². The van der Waals surface area contributed by atoms with Crippen LogP contribution in [0.25, 0.3) is 11.0 Å². The van der Waals surface area contributed by atoms with Gasteiger partial charge in [0.05, 0.1) is 5.52 Å². The molecule has 0 aliphatic rings. The van der Waals surface area contributed by atoms with Crippen LogP contribution in [0.1, 0.15) is 15.9 Å². The number of H-pyrrole nitrogens is 1. The van der Waals surface area contributed by atoms with Gasteiger partial charge in [0.15, 0.2) is 0 Å². The normalized spacial score (nSPS) is 10.7. The fraction of sp³-hybridized carbons (Fsp3) is 0.111. The van der Waals surface area contributed by atoms with Crippen LogP contribution in [0.15, 0.2) is 16.9 Å². The summed E-state index contributed by atoms with van der Waals surface area (Å²) in [6.45, 7) is 1.90. The SMILES string of the molecule is Cc1c(Br)cnc2c(C(=O)O)c[nH]c12. The van der Waals surface area contributed by atoms with E-state index >= 15 is 0 Å². The number of carboxylic acids is 1. The van der Waals surface area contributed by atoms with E-state index in [1.165, 1.54) is 6.20 Å². The topological polar surface area (TPSA) is 66.0 Å². The summed E-state index contributed by atoms with van der Waals surface area (Å²) in [6.07, 6.45) is 3.07. The molecule has 2 rings (SSSR count). The molecule has 5 heteroatoms. The Bertz CT molecular complexity index is 519. The zero-order chi connectivity index (χ0) is 10.3. The number of hydrogen-bond donors (Lipinski definition) is 2. The Morgan fingerprint density at radius 3 is 3.00 bits per heavy atom. The zero-order valence-corrected chi connectivity index (χ0v) is 8.92. The van der Waals surface area contributed by atoms with Crippen LogP contribution in [0, 0.1) is 6.92 Å². The lowest BCUT2D eigenvalue weighted by Crippen LogP contribution is -1.95. The quantitative estimate of drug-likeness (QED) is 0.821. The molecule has 0 aliphatic carbocycles. The van der Waals surface area contributed by atoms with E-state index in [1.807, 2.05) is 6.92 Å². The van der Waals surface area contributed by atoms with Crippen LogP contribution in [0.3, 0.4) is 0 Å². The number of pyridine rings is 1. The Morgan fingerprint density at radius 2 is 2.36 bits per heavy atom. The van der Waals surface area contributed by atoms with Crippen LogP contribution in [-0.2, 0) is 0 Å². The van der Waals surface area contributed by atoms with Gasteiger partial charge in [-0.1, -0.05) is 0 Å². The highest BCUT2D eigenvalue weighted by molar-refractivity contribution is 9.10. The van der Waals surface area contributed by atoms with Crippen LogP contribution in [0.2, 0.25) is 0 Å². The van der Waals surface area contributed by atoms with Gasteiger partial charge in [0.25, 0.3) is 0 Å². The van der Waals surface area contributed by atoms with E-state index in [9.17, 15) is 4.79 Å². The molecule has 2 N–H and O–H groups in total. The average molecular weight is 255 g/mol. The Hall–Kier alpha value is -1.36. The Labute approximate surface area is 88.1 Å². The van der Waals surface area contributed by atoms with E-state index < -0.39 is 5.97 Å². The monoisotopic (exact) mass is 254 g/mol. The zero-order valence-electron chi connectivity index (χ0n) is 7.34. The maximum Gasteiger partial charge on any atom is 0.339 e. The number of carbonyl (C=O) groups is 1. The summed E-state index contributed by atoms with van der Waals surface area (Å²) in [4.78, 5) is 17.8. The smallest absolute Gasteiger partial charge is 0.339 e. The van der Waals surface area contributed by atoms with Gasteiger partial charge in [-0.15, -0.1) is 0 Å². The molecular formula is C9H7BrN2O2. The first-order valence-electron chi connectivity index (χ1n) is 3.96. The van der Waals surface area contributed by atoms with Crippen molar-refractivity contribution in [1.82, 2.24) is 9.97 Å². The minimum Gasteiger partial charge on any atom is -0.478 e. The number of aromatic amines is 1. The minimum absolute atomic E-state index is 0.204. The summed E-state index contributed by atoms with van der Waals surface area (Å²) < 4.78 is 0.865. The first-order valence-corrected chi connectivity index (χ1v) is 4.76. The Morgan fingerprint density at radius 1 is 1.64 bits per heavy atom. The molecule has 0 aromatic carbocycles. The summed E-state index contributed by atoms with van der Waals surface area (Å²) in [7, 11) is 0. The van der Waals surface area contributed by atoms with Crippen LogP contribution in [0.4, 0.5) is 0 Å². The van der Waals surface area contributed by atoms with Gasteiger partial charge in [0.2, 0.25) is 0 Å². The number of rotatable bonds is 1. The molecule has 0 saturated heterocycles. The molecule has 0 atom stereocenters. The molecule has 0 amide bonds.